The van der Waals surface area contributed by atoms with E-state index in [2.05, 4.69) is 80.1 Å². The average molecular weight is 433 g/mol. The number of piperidine rings is 1. The van der Waals surface area contributed by atoms with Gasteiger partial charge in [-0.05, 0) is 49.4 Å². The number of pyridine rings is 1. The molecule has 7 heteroatoms. The molecule has 0 aliphatic carbocycles. The van der Waals surface area contributed by atoms with Crippen LogP contribution in [0.2, 0.25) is 0 Å². The standard InChI is InChI=1S/C25H32N6O/c1-19-6-5-11-31(17-19)23-10-9-21(16-26-23)25-27-24(32-28-25)18-29-12-14-30(15-13-29)22-8-4-3-7-20(22)2/h3-4,7-10,16,19H,5-6,11-15,17-18H2,1-2H3/t19-/m1/s1. The van der Waals surface area contributed by atoms with Gasteiger partial charge in [-0.1, -0.05) is 30.3 Å². The van der Waals surface area contributed by atoms with Gasteiger partial charge in [0.2, 0.25) is 11.7 Å². The zero-order valence-electron chi connectivity index (χ0n) is 19.1. The molecule has 7 nitrogen and oxygen atoms in total. The lowest BCUT2D eigenvalue weighted by Crippen LogP contribution is -2.46. The minimum absolute atomic E-state index is 0.615. The molecule has 32 heavy (non-hydrogen) atoms. The zero-order valence-corrected chi connectivity index (χ0v) is 19.1. The molecule has 0 radical (unpaired) electrons. The number of anilines is 2. The summed E-state index contributed by atoms with van der Waals surface area (Å²) in [6.07, 6.45) is 4.41. The Hall–Kier alpha value is -2.93. The average Bonchev–Trinajstić information content (AvgIpc) is 3.29. The van der Waals surface area contributed by atoms with Gasteiger partial charge in [0.25, 0.3) is 0 Å². The summed E-state index contributed by atoms with van der Waals surface area (Å²) in [7, 11) is 0. The molecular weight excluding hydrogens is 400 g/mol. The molecular formula is C25H32N6O. The van der Waals surface area contributed by atoms with Crippen LogP contribution in [0.25, 0.3) is 11.4 Å². The summed E-state index contributed by atoms with van der Waals surface area (Å²) in [5, 5.41) is 4.20. The van der Waals surface area contributed by atoms with Crippen molar-refractivity contribution < 1.29 is 4.52 Å². The smallest absolute Gasteiger partial charge is 0.241 e. The molecule has 0 spiro atoms. The van der Waals surface area contributed by atoms with E-state index in [0.29, 0.717) is 18.3 Å². The third kappa shape index (κ3) is 4.63. The van der Waals surface area contributed by atoms with Crippen molar-refractivity contribution in [3.05, 3.63) is 54.0 Å². The second-order valence-electron chi connectivity index (χ2n) is 9.16. The van der Waals surface area contributed by atoms with E-state index in [4.69, 9.17) is 4.52 Å². The third-order valence-electron chi connectivity index (χ3n) is 6.64. The fourth-order valence-corrected chi connectivity index (χ4v) is 4.80. The molecule has 0 bridgehead atoms. The monoisotopic (exact) mass is 432 g/mol. The van der Waals surface area contributed by atoms with Crippen molar-refractivity contribution in [3.63, 3.8) is 0 Å². The quantitative estimate of drug-likeness (QED) is 0.604. The molecule has 0 saturated carbocycles. The Morgan fingerprint density at radius 3 is 2.59 bits per heavy atom. The van der Waals surface area contributed by atoms with E-state index in [9.17, 15) is 0 Å². The Labute approximate surface area is 190 Å². The molecule has 0 unspecified atom stereocenters. The molecule has 168 valence electrons. The number of benzene rings is 1. The van der Waals surface area contributed by atoms with Crippen LogP contribution in [-0.2, 0) is 6.54 Å². The Bertz CT molecular complexity index is 1020. The second kappa shape index (κ2) is 9.28. The molecule has 4 heterocycles. The Morgan fingerprint density at radius 1 is 1.00 bits per heavy atom. The van der Waals surface area contributed by atoms with Gasteiger partial charge in [-0.2, -0.15) is 4.98 Å². The third-order valence-corrected chi connectivity index (χ3v) is 6.64. The topological polar surface area (TPSA) is 61.5 Å². The van der Waals surface area contributed by atoms with Crippen molar-refractivity contribution in [1.29, 1.82) is 0 Å². The number of hydrogen-bond acceptors (Lipinski definition) is 7. The molecule has 2 aliphatic rings. The summed E-state index contributed by atoms with van der Waals surface area (Å²) in [6, 6.07) is 12.7. The Morgan fingerprint density at radius 2 is 1.84 bits per heavy atom. The van der Waals surface area contributed by atoms with Crippen LogP contribution in [0.3, 0.4) is 0 Å². The molecule has 1 aromatic carbocycles. The highest BCUT2D eigenvalue weighted by molar-refractivity contribution is 5.56. The molecule has 3 aromatic rings. The van der Waals surface area contributed by atoms with E-state index in [0.717, 1.165) is 56.6 Å². The fraction of sp³-hybridized carbons (Fsp3) is 0.480. The summed E-state index contributed by atoms with van der Waals surface area (Å²) in [6.45, 7) is 11.3. The Kier molecular flexibility index (Phi) is 6.08. The predicted octanol–water partition coefficient (Wildman–Crippen LogP) is 4.00. The number of para-hydroxylation sites is 1. The minimum Gasteiger partial charge on any atom is -0.369 e. The maximum Gasteiger partial charge on any atom is 0.241 e. The van der Waals surface area contributed by atoms with Crippen molar-refractivity contribution in [3.8, 4) is 11.4 Å². The molecule has 2 saturated heterocycles. The first kappa shape index (κ1) is 20.9. The van der Waals surface area contributed by atoms with Gasteiger partial charge in [-0.15, -0.1) is 0 Å². The highest BCUT2D eigenvalue weighted by atomic mass is 16.5. The van der Waals surface area contributed by atoms with Crippen LogP contribution in [0, 0.1) is 12.8 Å². The van der Waals surface area contributed by atoms with E-state index in [1.807, 2.05) is 6.20 Å². The summed E-state index contributed by atoms with van der Waals surface area (Å²) in [5.74, 6) is 3.04. The lowest BCUT2D eigenvalue weighted by molar-refractivity contribution is 0.215. The number of rotatable bonds is 5. The normalized spacial score (nSPS) is 20.0. The maximum atomic E-state index is 5.56. The highest BCUT2D eigenvalue weighted by Crippen LogP contribution is 2.24. The number of hydrogen-bond donors (Lipinski definition) is 0. The van der Waals surface area contributed by atoms with Crippen molar-refractivity contribution in [1.82, 2.24) is 20.0 Å². The minimum atomic E-state index is 0.615. The molecule has 0 amide bonds. The van der Waals surface area contributed by atoms with Gasteiger partial charge in [-0.3, -0.25) is 4.90 Å². The molecule has 2 aromatic heterocycles. The van der Waals surface area contributed by atoms with Crippen molar-refractivity contribution in [2.45, 2.75) is 33.2 Å². The van der Waals surface area contributed by atoms with E-state index < -0.39 is 0 Å². The summed E-state index contributed by atoms with van der Waals surface area (Å²) in [4.78, 5) is 16.5. The van der Waals surface area contributed by atoms with Crippen LogP contribution in [0.15, 0.2) is 47.1 Å². The van der Waals surface area contributed by atoms with E-state index in [1.165, 1.54) is 24.1 Å². The van der Waals surface area contributed by atoms with E-state index in [1.54, 1.807) is 0 Å². The second-order valence-corrected chi connectivity index (χ2v) is 9.16. The van der Waals surface area contributed by atoms with Crippen LogP contribution in [0.4, 0.5) is 11.5 Å². The van der Waals surface area contributed by atoms with E-state index >= 15 is 0 Å². The molecule has 2 aliphatic heterocycles. The summed E-state index contributed by atoms with van der Waals surface area (Å²) >= 11 is 0. The molecule has 5 rings (SSSR count). The predicted molar refractivity (Wildman–Crippen MR) is 127 cm³/mol. The lowest BCUT2D eigenvalue weighted by Gasteiger charge is -2.36. The first-order valence-corrected chi connectivity index (χ1v) is 11.7. The number of piperazine rings is 1. The van der Waals surface area contributed by atoms with Crippen molar-refractivity contribution in [2.24, 2.45) is 5.92 Å². The number of nitrogens with zero attached hydrogens (tertiary/aromatic N) is 6. The van der Waals surface area contributed by atoms with Gasteiger partial charge < -0.3 is 14.3 Å². The lowest BCUT2D eigenvalue weighted by atomic mass is 10.0. The van der Waals surface area contributed by atoms with Crippen LogP contribution < -0.4 is 9.80 Å². The first-order chi connectivity index (χ1) is 15.7. The summed E-state index contributed by atoms with van der Waals surface area (Å²) in [5.41, 5.74) is 3.57. The van der Waals surface area contributed by atoms with Gasteiger partial charge in [0.15, 0.2) is 0 Å². The SMILES string of the molecule is Cc1ccccc1N1CCN(Cc2nc(-c3ccc(N4CCC[C@@H](C)C4)nc3)no2)CC1. The van der Waals surface area contributed by atoms with Gasteiger partial charge in [-0.25, -0.2) is 4.98 Å². The molecule has 2 fully saturated rings. The number of aromatic nitrogens is 3. The van der Waals surface area contributed by atoms with Crippen LogP contribution >= 0.6 is 0 Å². The number of aryl methyl sites for hydroxylation is 1. The fourth-order valence-electron chi connectivity index (χ4n) is 4.80. The zero-order chi connectivity index (χ0) is 21.9. The van der Waals surface area contributed by atoms with Crippen molar-refractivity contribution in [2.75, 3.05) is 49.1 Å². The van der Waals surface area contributed by atoms with Crippen LogP contribution in [0.5, 0.6) is 0 Å². The highest BCUT2D eigenvalue weighted by Gasteiger charge is 2.21. The Balaban J connectivity index is 1.17. The van der Waals surface area contributed by atoms with Gasteiger partial charge >= 0.3 is 0 Å². The molecule has 1 atom stereocenters. The first-order valence-electron chi connectivity index (χ1n) is 11.7. The van der Waals surface area contributed by atoms with Gasteiger partial charge in [0.1, 0.15) is 5.82 Å². The van der Waals surface area contributed by atoms with E-state index in [-0.39, 0.29) is 0 Å². The van der Waals surface area contributed by atoms with Gasteiger partial charge in [0.05, 0.1) is 6.54 Å². The largest absolute Gasteiger partial charge is 0.369 e. The maximum absolute atomic E-state index is 5.56. The van der Waals surface area contributed by atoms with Crippen LogP contribution in [0.1, 0.15) is 31.2 Å². The van der Waals surface area contributed by atoms with Crippen molar-refractivity contribution >= 4 is 11.5 Å². The summed E-state index contributed by atoms with van der Waals surface area (Å²) < 4.78 is 5.56. The molecule has 0 N–H and O–H groups in total. The van der Waals surface area contributed by atoms with Gasteiger partial charge in [0, 0.05) is 56.7 Å². The van der Waals surface area contributed by atoms with Crippen LogP contribution in [-0.4, -0.2) is 59.3 Å².